The fourth-order valence-corrected chi connectivity index (χ4v) is 11.5. The van der Waals surface area contributed by atoms with E-state index in [0.29, 0.717) is 0 Å². The number of nitrogens with zero attached hydrogens (tertiary/aromatic N) is 2. The zero-order chi connectivity index (χ0) is 38.6. The van der Waals surface area contributed by atoms with Gasteiger partial charge in [-0.25, -0.2) is 0 Å². The van der Waals surface area contributed by atoms with E-state index >= 15 is 4.57 Å². The van der Waals surface area contributed by atoms with Crippen LogP contribution in [0.3, 0.4) is 0 Å². The average Bonchev–Trinajstić information content (AvgIpc) is 3.82. The molecule has 9 aromatic carbocycles. The first-order chi connectivity index (χ1) is 28.6. The van der Waals surface area contributed by atoms with Crippen molar-refractivity contribution in [3.8, 4) is 33.6 Å². The third-order valence-corrected chi connectivity index (χ3v) is 14.7. The standard InChI is InChI=1S/C54H37N2OP/c57-58(44-18-8-3-9-19-44,45-30-24-38(25-31-45)40-28-34-53-49(36-40)47-20-10-12-22-51(47)55(53)42-14-4-1-5-15-42)46-32-26-39(27-33-46)41-29-35-54-50(37-41)48-21-11-13-23-52(48)56(54)43-16-6-2-7-17-43/h1-37H. The maximum absolute atomic E-state index is 15.6. The Morgan fingerprint density at radius 3 is 1.03 bits per heavy atom. The van der Waals surface area contributed by atoms with Gasteiger partial charge in [-0.2, -0.15) is 0 Å². The predicted octanol–water partition coefficient (Wildman–Crippen LogP) is 12.9. The molecule has 0 saturated carbocycles. The summed E-state index contributed by atoms with van der Waals surface area (Å²) < 4.78 is 20.3. The molecule has 0 spiro atoms. The second kappa shape index (κ2) is 13.8. The van der Waals surface area contributed by atoms with Crippen LogP contribution in [0.15, 0.2) is 224 Å². The molecule has 58 heavy (non-hydrogen) atoms. The summed E-state index contributed by atoms with van der Waals surface area (Å²) in [5.74, 6) is 0. The molecule has 11 aromatic rings. The predicted molar refractivity (Wildman–Crippen MR) is 245 cm³/mol. The number of fused-ring (bicyclic) bond motifs is 6. The highest BCUT2D eigenvalue weighted by molar-refractivity contribution is 7.85. The largest absolute Gasteiger partial charge is 0.309 e. The summed E-state index contributed by atoms with van der Waals surface area (Å²) in [4.78, 5) is 0. The summed E-state index contributed by atoms with van der Waals surface area (Å²) in [7, 11) is -3.21. The summed E-state index contributed by atoms with van der Waals surface area (Å²) in [5.41, 5.74) is 11.4. The molecule has 0 N–H and O–H groups in total. The molecule has 0 saturated heterocycles. The summed E-state index contributed by atoms with van der Waals surface area (Å²) in [6, 6.07) is 78.4. The van der Waals surface area contributed by atoms with E-state index in [-0.39, 0.29) is 0 Å². The smallest absolute Gasteiger partial charge is 0.171 e. The van der Waals surface area contributed by atoms with Crippen molar-refractivity contribution in [2.24, 2.45) is 0 Å². The third-order valence-electron chi connectivity index (χ3n) is 11.6. The highest BCUT2D eigenvalue weighted by atomic mass is 31.2. The van der Waals surface area contributed by atoms with Crippen LogP contribution in [-0.4, -0.2) is 9.13 Å². The van der Waals surface area contributed by atoms with Crippen LogP contribution in [0.1, 0.15) is 0 Å². The molecule has 11 rings (SSSR count). The summed E-state index contributed by atoms with van der Waals surface area (Å²) in [5, 5.41) is 7.29. The monoisotopic (exact) mass is 760 g/mol. The lowest BCUT2D eigenvalue weighted by Crippen LogP contribution is -2.24. The number of para-hydroxylation sites is 4. The van der Waals surface area contributed by atoms with Gasteiger partial charge in [0.05, 0.1) is 22.1 Å². The molecule has 0 atom stereocenters. The van der Waals surface area contributed by atoms with Crippen LogP contribution in [0.4, 0.5) is 0 Å². The highest BCUT2D eigenvalue weighted by Crippen LogP contribution is 2.44. The van der Waals surface area contributed by atoms with E-state index in [9.17, 15) is 0 Å². The number of rotatable bonds is 7. The molecule has 3 nitrogen and oxygen atoms in total. The van der Waals surface area contributed by atoms with Crippen LogP contribution in [0.25, 0.3) is 77.2 Å². The van der Waals surface area contributed by atoms with Crippen molar-refractivity contribution >= 4 is 66.7 Å². The van der Waals surface area contributed by atoms with Gasteiger partial charge in [0.2, 0.25) is 0 Å². The number of benzene rings is 9. The van der Waals surface area contributed by atoms with Gasteiger partial charge in [-0.1, -0.05) is 164 Å². The maximum Gasteiger partial charge on any atom is 0.171 e. The minimum atomic E-state index is -3.21. The maximum atomic E-state index is 15.6. The highest BCUT2D eigenvalue weighted by Gasteiger charge is 2.30. The Morgan fingerprint density at radius 1 is 0.276 bits per heavy atom. The van der Waals surface area contributed by atoms with E-state index in [0.717, 1.165) is 49.5 Å². The third kappa shape index (κ3) is 5.47. The Labute approximate surface area is 337 Å². The molecule has 0 radical (unpaired) electrons. The Bertz CT molecular complexity index is 3120. The van der Waals surface area contributed by atoms with Gasteiger partial charge in [0.15, 0.2) is 7.14 Å². The average molecular weight is 761 g/mol. The van der Waals surface area contributed by atoms with Crippen LogP contribution < -0.4 is 15.9 Å². The molecular formula is C54H37N2OP. The van der Waals surface area contributed by atoms with Gasteiger partial charge >= 0.3 is 0 Å². The van der Waals surface area contributed by atoms with Crippen LogP contribution in [-0.2, 0) is 4.57 Å². The Hall–Kier alpha value is -7.19. The fraction of sp³-hybridized carbons (Fsp3) is 0. The van der Waals surface area contributed by atoms with Gasteiger partial charge in [-0.15, -0.1) is 0 Å². The quantitative estimate of drug-likeness (QED) is 0.149. The molecule has 0 aliphatic carbocycles. The molecule has 2 aromatic heterocycles. The Kier molecular flexibility index (Phi) is 8.10. The second-order valence-electron chi connectivity index (χ2n) is 14.9. The zero-order valence-corrected chi connectivity index (χ0v) is 32.5. The van der Waals surface area contributed by atoms with Crippen LogP contribution >= 0.6 is 7.14 Å². The van der Waals surface area contributed by atoms with Gasteiger partial charge in [-0.3, -0.25) is 0 Å². The second-order valence-corrected chi connectivity index (χ2v) is 17.6. The number of hydrogen-bond donors (Lipinski definition) is 0. The van der Waals surface area contributed by atoms with Crippen molar-refractivity contribution in [3.05, 3.63) is 224 Å². The van der Waals surface area contributed by atoms with Gasteiger partial charge in [0, 0.05) is 48.8 Å². The van der Waals surface area contributed by atoms with Crippen LogP contribution in [0.2, 0.25) is 0 Å². The van der Waals surface area contributed by atoms with Crippen LogP contribution in [0.5, 0.6) is 0 Å². The zero-order valence-electron chi connectivity index (χ0n) is 31.6. The SMILES string of the molecule is O=P(c1ccccc1)(c1ccc(-c2ccc3c(c2)c2ccccc2n3-c2ccccc2)cc1)c1ccc(-c2ccc3c(c2)c2ccccc2n3-c2ccccc2)cc1. The first-order valence-electron chi connectivity index (χ1n) is 19.7. The van der Waals surface area contributed by atoms with E-state index in [1.165, 1.54) is 43.6 Å². The van der Waals surface area contributed by atoms with Gasteiger partial charge in [0.1, 0.15) is 0 Å². The molecule has 0 aliphatic rings. The van der Waals surface area contributed by atoms with Gasteiger partial charge < -0.3 is 13.7 Å². The van der Waals surface area contributed by atoms with Crippen molar-refractivity contribution in [1.82, 2.24) is 9.13 Å². The van der Waals surface area contributed by atoms with E-state index in [4.69, 9.17) is 0 Å². The van der Waals surface area contributed by atoms with Crippen molar-refractivity contribution in [1.29, 1.82) is 0 Å². The summed E-state index contributed by atoms with van der Waals surface area (Å²) in [6.07, 6.45) is 0. The van der Waals surface area contributed by atoms with Crippen LogP contribution in [0, 0.1) is 0 Å². The van der Waals surface area contributed by atoms with Crippen molar-refractivity contribution in [2.75, 3.05) is 0 Å². The number of hydrogen-bond acceptors (Lipinski definition) is 1. The topological polar surface area (TPSA) is 26.9 Å². The molecule has 0 fully saturated rings. The fourth-order valence-electron chi connectivity index (χ4n) is 8.83. The van der Waals surface area contributed by atoms with E-state index < -0.39 is 7.14 Å². The molecule has 0 aliphatic heterocycles. The molecule has 274 valence electrons. The number of aromatic nitrogens is 2. The molecule has 0 unspecified atom stereocenters. The lowest BCUT2D eigenvalue weighted by atomic mass is 10.0. The normalized spacial score (nSPS) is 11.9. The first-order valence-corrected chi connectivity index (χ1v) is 21.4. The molecule has 2 heterocycles. The van der Waals surface area contributed by atoms with E-state index in [2.05, 4.69) is 203 Å². The van der Waals surface area contributed by atoms with Crippen molar-refractivity contribution < 1.29 is 4.57 Å². The van der Waals surface area contributed by atoms with E-state index in [1.807, 2.05) is 30.3 Å². The lowest BCUT2D eigenvalue weighted by molar-refractivity contribution is 0.592. The first kappa shape index (κ1) is 34.1. The Balaban J connectivity index is 0.965. The van der Waals surface area contributed by atoms with Gasteiger partial charge in [0.25, 0.3) is 0 Å². The summed E-state index contributed by atoms with van der Waals surface area (Å²) in [6.45, 7) is 0. The van der Waals surface area contributed by atoms with Crippen molar-refractivity contribution in [3.63, 3.8) is 0 Å². The lowest BCUT2D eigenvalue weighted by Gasteiger charge is -2.21. The minimum absolute atomic E-state index is 0.812. The Morgan fingerprint density at radius 2 is 0.603 bits per heavy atom. The minimum Gasteiger partial charge on any atom is -0.309 e. The van der Waals surface area contributed by atoms with Gasteiger partial charge in [-0.05, 0) is 82.9 Å². The van der Waals surface area contributed by atoms with Crippen molar-refractivity contribution in [2.45, 2.75) is 0 Å². The molecular weight excluding hydrogens is 724 g/mol. The molecule has 0 amide bonds. The molecule has 0 bridgehead atoms. The molecule has 4 heteroatoms. The van der Waals surface area contributed by atoms with E-state index in [1.54, 1.807) is 0 Å². The summed E-state index contributed by atoms with van der Waals surface area (Å²) >= 11 is 0.